The monoisotopic (exact) mass is 561 g/mol. The Hall–Kier alpha value is -4.11. The molecule has 0 aromatic heterocycles. The average Bonchev–Trinajstić information content (AvgIpc) is 3.19. The zero-order valence-corrected chi connectivity index (χ0v) is 23.9. The number of rotatable bonds is 13. The minimum Gasteiger partial charge on any atom is -0.494 e. The molecule has 0 spiro atoms. The lowest BCUT2D eigenvalue weighted by molar-refractivity contribution is -0.131. The molecule has 1 aliphatic rings. The Labute approximate surface area is 240 Å². The van der Waals surface area contributed by atoms with Crippen LogP contribution in [0, 0.1) is 0 Å². The van der Waals surface area contributed by atoms with Gasteiger partial charge in [0.15, 0.2) is 16.6 Å². The van der Waals surface area contributed by atoms with Gasteiger partial charge in [-0.3, -0.25) is 14.5 Å². The zero-order valence-electron chi connectivity index (χ0n) is 23.1. The van der Waals surface area contributed by atoms with Gasteiger partial charge in [0.2, 0.25) is 5.91 Å². The zero-order chi connectivity index (χ0) is 28.5. The topological polar surface area (TPSA) is 80.3 Å². The first-order valence-electron chi connectivity index (χ1n) is 13.3. The summed E-state index contributed by atoms with van der Waals surface area (Å²) in [6, 6.07) is 21.9. The van der Waals surface area contributed by atoms with Gasteiger partial charge in [0.05, 0.1) is 33.8 Å². The van der Waals surface area contributed by atoms with Crippen molar-refractivity contribution in [1.82, 2.24) is 9.80 Å². The highest BCUT2D eigenvalue weighted by atomic mass is 32.1. The van der Waals surface area contributed by atoms with E-state index in [0.29, 0.717) is 48.4 Å². The van der Waals surface area contributed by atoms with Gasteiger partial charge in [-0.15, -0.1) is 0 Å². The highest BCUT2D eigenvalue weighted by molar-refractivity contribution is 7.80. The SMILES string of the molecule is CCCOc1ccc(NC(=O)CC2C(=O)N(Cc3ccccc3)C(=S)N2CCc2ccc(OC)c(OC)c2)cc1. The van der Waals surface area contributed by atoms with Crippen molar-refractivity contribution >= 4 is 34.8 Å². The normalized spacial score (nSPS) is 14.8. The number of ether oxygens (including phenoxy) is 3. The third kappa shape index (κ3) is 7.09. The molecule has 1 atom stereocenters. The van der Waals surface area contributed by atoms with Crippen molar-refractivity contribution in [2.24, 2.45) is 0 Å². The Bertz CT molecular complexity index is 1320. The van der Waals surface area contributed by atoms with E-state index in [9.17, 15) is 9.59 Å². The molecule has 0 bridgehead atoms. The lowest BCUT2D eigenvalue weighted by Gasteiger charge is -2.24. The smallest absolute Gasteiger partial charge is 0.252 e. The Morgan fingerprint density at radius 3 is 2.35 bits per heavy atom. The first kappa shape index (κ1) is 28.9. The van der Waals surface area contributed by atoms with Crippen molar-refractivity contribution < 1.29 is 23.8 Å². The molecule has 0 radical (unpaired) electrons. The molecule has 1 fully saturated rings. The molecule has 210 valence electrons. The standard InChI is InChI=1S/C31H35N3O5S/c1-4-18-39-25-13-11-24(12-14-25)32-29(35)20-26-30(36)34(21-23-8-6-5-7-9-23)31(40)33(26)17-16-22-10-15-27(37-2)28(19-22)38-3/h5-15,19,26H,4,16-18,20-21H2,1-3H3,(H,32,35). The summed E-state index contributed by atoms with van der Waals surface area (Å²) in [7, 11) is 3.19. The van der Waals surface area contributed by atoms with Gasteiger partial charge >= 0.3 is 0 Å². The molecule has 8 nitrogen and oxygen atoms in total. The maximum atomic E-state index is 13.6. The van der Waals surface area contributed by atoms with Crippen LogP contribution in [-0.2, 0) is 22.6 Å². The minimum absolute atomic E-state index is 0.0235. The molecular formula is C31H35N3O5S. The number of nitrogens with one attached hydrogen (secondary N) is 1. The van der Waals surface area contributed by atoms with Crippen LogP contribution < -0.4 is 19.5 Å². The lowest BCUT2D eigenvalue weighted by Crippen LogP contribution is -2.39. The fourth-order valence-electron chi connectivity index (χ4n) is 4.58. The quantitative estimate of drug-likeness (QED) is 0.292. The van der Waals surface area contributed by atoms with E-state index in [2.05, 4.69) is 5.32 Å². The van der Waals surface area contributed by atoms with Crippen LogP contribution in [0.3, 0.4) is 0 Å². The van der Waals surface area contributed by atoms with E-state index in [1.54, 1.807) is 31.3 Å². The molecule has 40 heavy (non-hydrogen) atoms. The van der Waals surface area contributed by atoms with E-state index in [4.69, 9.17) is 26.4 Å². The molecular weight excluding hydrogens is 526 g/mol. The van der Waals surface area contributed by atoms with Crippen molar-refractivity contribution in [3.8, 4) is 17.2 Å². The van der Waals surface area contributed by atoms with Gasteiger partial charge in [0, 0.05) is 12.2 Å². The van der Waals surface area contributed by atoms with E-state index in [1.165, 1.54) is 0 Å². The molecule has 3 aromatic carbocycles. The van der Waals surface area contributed by atoms with E-state index < -0.39 is 6.04 Å². The van der Waals surface area contributed by atoms with Crippen molar-refractivity contribution in [2.45, 2.75) is 38.8 Å². The summed E-state index contributed by atoms with van der Waals surface area (Å²) < 4.78 is 16.4. The van der Waals surface area contributed by atoms with E-state index in [0.717, 1.165) is 23.3 Å². The minimum atomic E-state index is -0.705. The summed E-state index contributed by atoms with van der Waals surface area (Å²) in [4.78, 5) is 30.2. The van der Waals surface area contributed by atoms with Gasteiger partial charge in [-0.1, -0.05) is 43.3 Å². The fourth-order valence-corrected chi connectivity index (χ4v) is 4.96. The molecule has 1 aliphatic heterocycles. The Morgan fingerprint density at radius 2 is 1.68 bits per heavy atom. The second-order valence-corrected chi connectivity index (χ2v) is 9.83. The van der Waals surface area contributed by atoms with E-state index in [-0.39, 0.29) is 18.2 Å². The Morgan fingerprint density at radius 1 is 0.950 bits per heavy atom. The van der Waals surface area contributed by atoms with Crippen molar-refractivity contribution in [2.75, 3.05) is 32.7 Å². The van der Waals surface area contributed by atoms with Gasteiger partial charge < -0.3 is 24.4 Å². The lowest BCUT2D eigenvalue weighted by atomic mass is 10.1. The number of benzene rings is 3. The second kappa shape index (κ2) is 13.8. The number of carbonyl (C=O) groups is 2. The summed E-state index contributed by atoms with van der Waals surface area (Å²) in [6.45, 7) is 3.49. The largest absolute Gasteiger partial charge is 0.494 e. The maximum Gasteiger partial charge on any atom is 0.252 e. The van der Waals surface area contributed by atoms with Crippen LogP contribution in [-0.4, -0.2) is 60.1 Å². The molecule has 4 rings (SSSR count). The fraction of sp³-hybridized carbons (Fsp3) is 0.323. The first-order valence-corrected chi connectivity index (χ1v) is 13.7. The summed E-state index contributed by atoms with van der Waals surface area (Å²) in [6.07, 6.45) is 1.49. The third-order valence-corrected chi connectivity index (χ3v) is 7.12. The number of methoxy groups -OCH3 is 2. The molecule has 0 saturated carbocycles. The van der Waals surface area contributed by atoms with Crippen molar-refractivity contribution in [3.05, 3.63) is 83.9 Å². The van der Waals surface area contributed by atoms with Crippen LogP contribution in [0.2, 0.25) is 0 Å². The van der Waals surface area contributed by atoms with Crippen LogP contribution in [0.25, 0.3) is 0 Å². The van der Waals surface area contributed by atoms with Gasteiger partial charge in [-0.05, 0) is 72.6 Å². The van der Waals surface area contributed by atoms with Crippen molar-refractivity contribution in [3.63, 3.8) is 0 Å². The summed E-state index contributed by atoms with van der Waals surface area (Å²) in [5.41, 5.74) is 2.61. The molecule has 9 heteroatoms. The molecule has 0 aliphatic carbocycles. The predicted molar refractivity (Wildman–Crippen MR) is 159 cm³/mol. The van der Waals surface area contributed by atoms with E-state index in [1.807, 2.05) is 72.5 Å². The Kier molecular flexibility index (Phi) is 9.96. The highest BCUT2D eigenvalue weighted by Gasteiger charge is 2.43. The van der Waals surface area contributed by atoms with Gasteiger partial charge in [-0.25, -0.2) is 0 Å². The molecule has 3 aromatic rings. The summed E-state index contributed by atoms with van der Waals surface area (Å²) in [5, 5.41) is 3.33. The number of hydrogen-bond donors (Lipinski definition) is 1. The van der Waals surface area contributed by atoms with E-state index >= 15 is 0 Å². The van der Waals surface area contributed by atoms with Crippen LogP contribution in [0.1, 0.15) is 30.9 Å². The Balaban J connectivity index is 1.49. The second-order valence-electron chi connectivity index (χ2n) is 9.47. The highest BCUT2D eigenvalue weighted by Crippen LogP contribution is 2.29. The van der Waals surface area contributed by atoms with Crippen LogP contribution in [0.5, 0.6) is 17.2 Å². The number of nitrogens with zero attached hydrogens (tertiary/aromatic N) is 2. The van der Waals surface area contributed by atoms with Gasteiger partial charge in [0.1, 0.15) is 11.8 Å². The molecule has 2 amide bonds. The molecule has 1 heterocycles. The summed E-state index contributed by atoms with van der Waals surface area (Å²) >= 11 is 5.79. The first-order chi connectivity index (χ1) is 19.4. The third-order valence-electron chi connectivity index (χ3n) is 6.67. The summed E-state index contributed by atoms with van der Waals surface area (Å²) in [5.74, 6) is 1.58. The average molecular weight is 562 g/mol. The number of amides is 2. The molecule has 1 N–H and O–H groups in total. The van der Waals surface area contributed by atoms with Gasteiger partial charge in [0.25, 0.3) is 5.91 Å². The van der Waals surface area contributed by atoms with Crippen LogP contribution in [0.4, 0.5) is 5.69 Å². The van der Waals surface area contributed by atoms with Crippen LogP contribution >= 0.6 is 12.2 Å². The number of thiocarbonyl (C=S) groups is 1. The predicted octanol–water partition coefficient (Wildman–Crippen LogP) is 5.06. The van der Waals surface area contributed by atoms with Crippen molar-refractivity contribution in [1.29, 1.82) is 0 Å². The number of carbonyl (C=O) groups excluding carboxylic acids is 2. The van der Waals surface area contributed by atoms with Crippen LogP contribution in [0.15, 0.2) is 72.8 Å². The number of anilines is 1. The van der Waals surface area contributed by atoms with Gasteiger partial charge in [-0.2, -0.15) is 0 Å². The number of hydrogen-bond acceptors (Lipinski definition) is 6. The molecule has 1 saturated heterocycles. The maximum absolute atomic E-state index is 13.6. The molecule has 1 unspecified atom stereocenters.